The number of carboxylic acids is 1. The lowest BCUT2D eigenvalue weighted by Crippen LogP contribution is -2.69. The summed E-state index contributed by atoms with van der Waals surface area (Å²) in [4.78, 5) is 14.2. The molecule has 15 bridgehead atoms. The normalized spacial score (nSPS) is 40.5. The summed E-state index contributed by atoms with van der Waals surface area (Å²) in [6.07, 6.45) is 31.6. The molecule has 3 spiro atoms. The monoisotopic (exact) mass is 995 g/mol. The van der Waals surface area contributed by atoms with Crippen LogP contribution in [0.25, 0.3) is 17.2 Å². The highest BCUT2D eigenvalue weighted by atomic mass is 16.4. The van der Waals surface area contributed by atoms with Crippen molar-refractivity contribution >= 4 is 23.2 Å². The second-order valence-electron chi connectivity index (χ2n) is 27.1. The molecule has 6 heterocycles. The van der Waals surface area contributed by atoms with Gasteiger partial charge < -0.3 is 26.0 Å². The van der Waals surface area contributed by atoms with E-state index in [0.717, 1.165) is 102 Å². The number of allylic oxidation sites excluding steroid dienone is 9. The van der Waals surface area contributed by atoms with Crippen molar-refractivity contribution in [3.05, 3.63) is 135 Å². The quantitative estimate of drug-likeness (QED) is 0.196. The number of carbonyl (C=O) groups is 1. The number of aliphatic hydroxyl groups excluding tert-OH is 2. The van der Waals surface area contributed by atoms with Crippen molar-refractivity contribution in [2.75, 3.05) is 13.1 Å². The van der Waals surface area contributed by atoms with Gasteiger partial charge in [-0.3, -0.25) is 4.79 Å². The lowest BCUT2D eigenvalue weighted by atomic mass is 9.29. The van der Waals surface area contributed by atoms with Crippen molar-refractivity contribution in [3.8, 4) is 0 Å². The van der Waals surface area contributed by atoms with E-state index >= 15 is 0 Å². The van der Waals surface area contributed by atoms with E-state index < -0.39 is 18.0 Å². The molecule has 15 aliphatic rings. The Hall–Kier alpha value is -4.39. The van der Waals surface area contributed by atoms with Gasteiger partial charge in [0.05, 0.1) is 23.9 Å². The molecule has 392 valence electrons. The van der Waals surface area contributed by atoms with Crippen molar-refractivity contribution in [3.63, 3.8) is 0 Å². The molecule has 0 amide bonds. The molecule has 6 nitrogen and oxygen atoms in total. The van der Waals surface area contributed by atoms with Crippen molar-refractivity contribution in [1.82, 2.24) is 10.6 Å². The van der Waals surface area contributed by atoms with Crippen LogP contribution in [0.2, 0.25) is 0 Å². The first kappa shape index (κ1) is 49.2. The van der Waals surface area contributed by atoms with E-state index in [9.17, 15) is 20.1 Å². The van der Waals surface area contributed by atoms with E-state index in [1.165, 1.54) is 76.0 Å². The molecule has 17 rings (SSSR count). The molecule has 2 aromatic carbocycles. The van der Waals surface area contributed by atoms with Gasteiger partial charge in [-0.2, -0.15) is 0 Å². The molecule has 0 unspecified atom stereocenters. The van der Waals surface area contributed by atoms with Crippen molar-refractivity contribution in [1.29, 1.82) is 0 Å². The van der Waals surface area contributed by atoms with Crippen LogP contribution in [0.15, 0.2) is 113 Å². The standard InChI is InChI=1S/C68H86N2O4/c1-41(2)34-48-26-30-64(4)58(71)28-32-68-54-27-31-67-29-12-21-55-61(72)60(67)51(62(73)74)24-22-42(3)49(44-15-7-6-8-16-44)20-13-33-69-59-25-23-47(40-70-59)45-18-11-14-43(35-45)36-52-50-19-10-9-17-46(50)37-56(68)53(52)38-66(48,63(64)68)39-57(54)65(55,67)5/h9-11,14,17-19,23,25-26,35,37-38,41,44,49,51,55-56,58,60-61,63,69-72H,3,6-8,12-13,15-16,20-22,24,27-34,36,39-40H2,1-2,4-5H3,(H,73,74)/t49-,51-,55-,56+,58+,60+,61-,63-,64-,65+,66-,67-,68-/m1/s1. The number of aliphatic hydroxyl groups is 2. The number of aliphatic carboxylic acids is 1. The highest BCUT2D eigenvalue weighted by molar-refractivity contribution is 5.78. The number of carboxylic acid groups (broad SMARTS) is 1. The number of hydrogen-bond acceptors (Lipinski definition) is 5. The minimum absolute atomic E-state index is 0.0115. The molecule has 6 heteroatoms. The highest BCUT2D eigenvalue weighted by Crippen LogP contribution is 2.83. The maximum atomic E-state index is 14.2. The predicted molar refractivity (Wildman–Crippen MR) is 298 cm³/mol. The van der Waals surface area contributed by atoms with Gasteiger partial charge in [0.2, 0.25) is 0 Å². The third-order valence-corrected chi connectivity index (χ3v) is 23.6. The number of nitrogens with one attached hydrogen (secondary N) is 2. The van der Waals surface area contributed by atoms with Crippen LogP contribution in [0.4, 0.5) is 0 Å². The molecule has 74 heavy (non-hydrogen) atoms. The first-order valence-corrected chi connectivity index (χ1v) is 29.9. The fourth-order valence-electron chi connectivity index (χ4n) is 20.8. The SMILES string of the molecule is C=C1CC[C@@H](C(=O)O)[C@H]2[C@H](O)[C@H]3CCC[C@@]24CCC2=C(C[C@]56C=C7C(=c8ccccc8=C[C@@H]7[C@@]27CC[C@H](O)[C@@](C)(CC=C5CC(C)C)[C@@H]76)Cc2cccc(c2)C2=CC=C(NCCC[C@H]1C1CCCCC1)NC2)[C@]34C. The van der Waals surface area contributed by atoms with Gasteiger partial charge in [-0.1, -0.05) is 155 Å². The van der Waals surface area contributed by atoms with Gasteiger partial charge in [0, 0.05) is 46.6 Å². The zero-order valence-electron chi connectivity index (χ0n) is 45.3. The molecule has 4 saturated carbocycles. The van der Waals surface area contributed by atoms with Gasteiger partial charge in [0.15, 0.2) is 0 Å². The van der Waals surface area contributed by atoms with Crippen LogP contribution >= 0.6 is 0 Å². The summed E-state index contributed by atoms with van der Waals surface area (Å²) in [5, 5.41) is 47.8. The van der Waals surface area contributed by atoms with Crippen molar-refractivity contribution < 1.29 is 20.1 Å². The molecule has 6 aliphatic heterocycles. The Morgan fingerprint density at radius 2 is 1.70 bits per heavy atom. The average molecular weight is 995 g/mol. The fourth-order valence-corrected chi connectivity index (χ4v) is 20.8. The van der Waals surface area contributed by atoms with E-state index in [1.54, 1.807) is 16.7 Å². The molecular weight excluding hydrogens is 909 g/mol. The van der Waals surface area contributed by atoms with E-state index in [-0.39, 0.29) is 56.9 Å². The maximum absolute atomic E-state index is 14.2. The number of hydrogen-bond donors (Lipinski definition) is 5. The Labute approximate surface area is 442 Å². The van der Waals surface area contributed by atoms with Crippen LogP contribution in [-0.2, 0) is 11.2 Å². The van der Waals surface area contributed by atoms with Gasteiger partial charge in [0.1, 0.15) is 0 Å². The maximum Gasteiger partial charge on any atom is 0.306 e. The van der Waals surface area contributed by atoms with E-state index in [4.69, 9.17) is 6.58 Å². The van der Waals surface area contributed by atoms with E-state index in [0.29, 0.717) is 30.6 Å². The lowest BCUT2D eigenvalue weighted by Gasteiger charge is -2.74. The van der Waals surface area contributed by atoms with Crippen molar-refractivity contribution in [2.24, 2.45) is 74.4 Å². The van der Waals surface area contributed by atoms with Gasteiger partial charge in [-0.25, -0.2) is 0 Å². The molecule has 5 N–H and O–H groups in total. The molecule has 0 aromatic heterocycles. The number of dihydropyridines is 1. The van der Waals surface area contributed by atoms with Crippen LogP contribution in [0.5, 0.6) is 0 Å². The summed E-state index contributed by atoms with van der Waals surface area (Å²) in [5.41, 5.74) is 11.5. The van der Waals surface area contributed by atoms with Gasteiger partial charge in [-0.05, 0) is 182 Å². The molecule has 0 saturated heterocycles. The minimum atomic E-state index is -0.719. The topological polar surface area (TPSA) is 102 Å². The number of rotatable bonds is 4. The molecule has 9 aliphatic carbocycles. The number of benzene rings is 2. The molecular formula is C68H86N2O4. The first-order chi connectivity index (χ1) is 35.7. The third-order valence-electron chi connectivity index (χ3n) is 23.6. The van der Waals surface area contributed by atoms with Crippen LogP contribution in [-0.4, -0.2) is 46.6 Å². The third kappa shape index (κ3) is 7.03. The summed E-state index contributed by atoms with van der Waals surface area (Å²) >= 11 is 0. The summed E-state index contributed by atoms with van der Waals surface area (Å²) in [6.45, 7) is 16.4. The van der Waals surface area contributed by atoms with Crippen LogP contribution in [0, 0.1) is 74.4 Å². The van der Waals surface area contributed by atoms with Crippen LogP contribution in [0.3, 0.4) is 0 Å². The Bertz CT molecular complexity index is 2950. The zero-order chi connectivity index (χ0) is 50.9. The number of fused-ring (bicyclic) bond motifs is 1. The molecule has 2 aromatic rings. The summed E-state index contributed by atoms with van der Waals surface area (Å²) in [6, 6.07) is 18.6. The van der Waals surface area contributed by atoms with E-state index in [1.807, 2.05) is 0 Å². The van der Waals surface area contributed by atoms with Crippen LogP contribution in [0.1, 0.15) is 161 Å². The summed E-state index contributed by atoms with van der Waals surface area (Å²) < 4.78 is 0. The smallest absolute Gasteiger partial charge is 0.306 e. The Kier molecular flexibility index (Phi) is 12.0. The largest absolute Gasteiger partial charge is 0.481 e. The fraction of sp³-hybridized carbons (Fsp3) is 0.603. The second kappa shape index (κ2) is 18.1. The second-order valence-corrected chi connectivity index (χ2v) is 27.1. The lowest BCUT2D eigenvalue weighted by molar-refractivity contribution is -0.167. The Balaban J connectivity index is 1.02. The Morgan fingerprint density at radius 1 is 0.865 bits per heavy atom. The van der Waals surface area contributed by atoms with E-state index in [2.05, 4.69) is 117 Å². The van der Waals surface area contributed by atoms with Crippen LogP contribution < -0.4 is 21.1 Å². The van der Waals surface area contributed by atoms with Gasteiger partial charge in [0.25, 0.3) is 0 Å². The predicted octanol–water partition coefficient (Wildman–Crippen LogP) is 12.3. The highest BCUT2D eigenvalue weighted by Gasteiger charge is 2.78. The molecule has 4 fully saturated rings. The summed E-state index contributed by atoms with van der Waals surface area (Å²) in [5.74, 6) is 1.25. The van der Waals surface area contributed by atoms with Gasteiger partial charge in [-0.15, -0.1) is 0 Å². The minimum Gasteiger partial charge on any atom is -0.481 e. The Morgan fingerprint density at radius 3 is 2.50 bits per heavy atom. The van der Waals surface area contributed by atoms with Gasteiger partial charge >= 0.3 is 5.97 Å². The van der Waals surface area contributed by atoms with Crippen molar-refractivity contribution in [2.45, 2.75) is 168 Å². The first-order valence-electron chi connectivity index (χ1n) is 29.9. The average Bonchev–Trinajstić information content (AvgIpc) is 3.46. The zero-order valence-corrected chi connectivity index (χ0v) is 45.3. The summed E-state index contributed by atoms with van der Waals surface area (Å²) in [7, 11) is 0. The molecule has 13 atom stereocenters. The molecule has 0 radical (unpaired) electrons.